The van der Waals surface area contributed by atoms with Crippen molar-refractivity contribution in [1.82, 2.24) is 5.32 Å². The highest BCUT2D eigenvalue weighted by molar-refractivity contribution is 5.96. The van der Waals surface area contributed by atoms with Gasteiger partial charge in [-0.1, -0.05) is 12.1 Å². The highest BCUT2D eigenvalue weighted by atomic mass is 16.6. The van der Waals surface area contributed by atoms with E-state index in [0.29, 0.717) is 12.1 Å². The highest BCUT2D eigenvalue weighted by Gasteiger charge is 2.28. The minimum Gasteiger partial charge on any atom is -0.460 e. The summed E-state index contributed by atoms with van der Waals surface area (Å²) < 4.78 is 10.7. The largest absolute Gasteiger partial charge is 0.460 e. The van der Waals surface area contributed by atoms with Crippen molar-refractivity contribution in [1.29, 1.82) is 0 Å². The molecule has 0 bridgehead atoms. The number of ether oxygens (including phenoxy) is 2. The van der Waals surface area contributed by atoms with Gasteiger partial charge in [0.2, 0.25) is 0 Å². The Labute approximate surface area is 167 Å². The van der Waals surface area contributed by atoms with E-state index in [4.69, 9.17) is 15.2 Å². The van der Waals surface area contributed by atoms with Crippen LogP contribution in [0.5, 0.6) is 0 Å². The molecule has 7 heteroatoms. The summed E-state index contributed by atoms with van der Waals surface area (Å²) in [4.78, 5) is 37.0. The van der Waals surface area contributed by atoms with Crippen molar-refractivity contribution in [2.75, 3.05) is 0 Å². The molecule has 0 aliphatic carbocycles. The molecule has 28 heavy (non-hydrogen) atoms. The van der Waals surface area contributed by atoms with E-state index in [1.165, 1.54) is 0 Å². The van der Waals surface area contributed by atoms with Gasteiger partial charge in [-0.25, -0.2) is 4.79 Å². The van der Waals surface area contributed by atoms with Gasteiger partial charge in [0, 0.05) is 18.5 Å². The fourth-order valence-corrected chi connectivity index (χ4v) is 2.31. The van der Waals surface area contributed by atoms with Crippen LogP contribution >= 0.6 is 0 Å². The maximum Gasteiger partial charge on any atom is 0.329 e. The van der Waals surface area contributed by atoms with Crippen LogP contribution in [-0.4, -0.2) is 35.1 Å². The third-order valence-corrected chi connectivity index (χ3v) is 3.51. The van der Waals surface area contributed by atoms with Gasteiger partial charge in [0.25, 0.3) is 5.91 Å². The maximum atomic E-state index is 12.5. The first-order valence-electron chi connectivity index (χ1n) is 9.35. The Morgan fingerprint density at radius 3 is 1.96 bits per heavy atom. The van der Waals surface area contributed by atoms with Crippen LogP contribution in [0, 0.1) is 0 Å². The molecule has 0 heterocycles. The number of amides is 1. The Balaban J connectivity index is 2.85. The van der Waals surface area contributed by atoms with Crippen LogP contribution in [0.1, 0.15) is 70.3 Å². The lowest BCUT2D eigenvalue weighted by Crippen LogP contribution is -2.44. The molecule has 1 unspecified atom stereocenters. The second kappa shape index (κ2) is 9.68. The van der Waals surface area contributed by atoms with Gasteiger partial charge in [-0.3, -0.25) is 9.59 Å². The number of carbonyl (C=O) groups is 3. The number of hydrogen-bond donors (Lipinski definition) is 2. The summed E-state index contributed by atoms with van der Waals surface area (Å²) >= 11 is 0. The topological polar surface area (TPSA) is 108 Å². The fraction of sp³-hybridized carbons (Fsp3) is 0.571. The number of benzene rings is 1. The Morgan fingerprint density at radius 2 is 1.50 bits per heavy atom. The van der Waals surface area contributed by atoms with E-state index in [0.717, 1.165) is 5.56 Å². The summed E-state index contributed by atoms with van der Waals surface area (Å²) in [5, 5.41) is 2.66. The molecule has 0 aliphatic rings. The molecule has 1 atom stereocenters. The quantitative estimate of drug-likeness (QED) is 0.691. The first-order chi connectivity index (χ1) is 12.8. The second-order valence-electron chi connectivity index (χ2n) is 8.59. The monoisotopic (exact) mass is 392 g/mol. The van der Waals surface area contributed by atoms with Gasteiger partial charge in [0.1, 0.15) is 17.2 Å². The lowest BCUT2D eigenvalue weighted by Gasteiger charge is -2.25. The number of nitrogens with two attached hydrogens (primary N) is 1. The number of rotatable bonds is 7. The van der Waals surface area contributed by atoms with Crippen molar-refractivity contribution in [3.8, 4) is 0 Å². The van der Waals surface area contributed by atoms with Crippen molar-refractivity contribution in [3.63, 3.8) is 0 Å². The van der Waals surface area contributed by atoms with Gasteiger partial charge in [-0.2, -0.15) is 0 Å². The zero-order chi connectivity index (χ0) is 21.5. The molecule has 0 spiro atoms. The van der Waals surface area contributed by atoms with E-state index >= 15 is 0 Å². The molecule has 156 valence electrons. The molecule has 7 nitrogen and oxygen atoms in total. The first-order valence-corrected chi connectivity index (χ1v) is 9.35. The van der Waals surface area contributed by atoms with Crippen molar-refractivity contribution >= 4 is 17.8 Å². The summed E-state index contributed by atoms with van der Waals surface area (Å²) in [6.45, 7) is 10.9. The van der Waals surface area contributed by atoms with Crippen molar-refractivity contribution in [2.45, 2.75) is 78.2 Å². The summed E-state index contributed by atoms with van der Waals surface area (Å²) in [7, 11) is 0. The van der Waals surface area contributed by atoms with E-state index in [1.807, 2.05) is 0 Å². The lowest BCUT2D eigenvalue weighted by atomic mass is 10.1. The van der Waals surface area contributed by atoms with Crippen LogP contribution in [0.2, 0.25) is 0 Å². The van der Waals surface area contributed by atoms with Gasteiger partial charge in [-0.15, -0.1) is 0 Å². The average molecular weight is 392 g/mol. The maximum absolute atomic E-state index is 12.5. The Kier molecular flexibility index (Phi) is 8.17. The number of hydrogen-bond acceptors (Lipinski definition) is 6. The van der Waals surface area contributed by atoms with Crippen LogP contribution in [0.3, 0.4) is 0 Å². The number of esters is 2. The average Bonchev–Trinajstić information content (AvgIpc) is 2.55. The molecular weight excluding hydrogens is 360 g/mol. The summed E-state index contributed by atoms with van der Waals surface area (Å²) in [5.74, 6) is -1.46. The Morgan fingerprint density at radius 1 is 0.964 bits per heavy atom. The summed E-state index contributed by atoms with van der Waals surface area (Å²) in [6, 6.07) is 5.80. The molecular formula is C21H32N2O5. The van der Waals surface area contributed by atoms with E-state index in [1.54, 1.807) is 65.8 Å². The van der Waals surface area contributed by atoms with Gasteiger partial charge in [-0.05, 0) is 65.7 Å². The summed E-state index contributed by atoms with van der Waals surface area (Å²) in [5.41, 5.74) is 5.51. The van der Waals surface area contributed by atoms with E-state index in [-0.39, 0.29) is 12.8 Å². The standard InChI is InChI=1S/C21H32N2O5/c1-20(2,3)27-17(24)12-11-16(19(26)28-21(4,5)6)23-18(25)15-9-7-14(13-22)8-10-15/h7-10,16H,11-13,22H2,1-6H3,(H,23,25). The van der Waals surface area contributed by atoms with Crippen molar-refractivity contribution < 1.29 is 23.9 Å². The van der Waals surface area contributed by atoms with Crippen LogP contribution in [0.25, 0.3) is 0 Å². The molecule has 0 radical (unpaired) electrons. The molecule has 0 saturated carbocycles. The van der Waals surface area contributed by atoms with Crippen LogP contribution < -0.4 is 11.1 Å². The minimum absolute atomic E-state index is 0.0203. The summed E-state index contributed by atoms with van der Waals surface area (Å²) in [6.07, 6.45) is 0.0595. The zero-order valence-corrected chi connectivity index (χ0v) is 17.6. The first kappa shape index (κ1) is 23.6. The molecule has 1 aromatic carbocycles. The van der Waals surface area contributed by atoms with E-state index < -0.39 is 35.1 Å². The number of carbonyl (C=O) groups excluding carboxylic acids is 3. The van der Waals surface area contributed by atoms with Crippen LogP contribution in [-0.2, 0) is 25.6 Å². The lowest BCUT2D eigenvalue weighted by molar-refractivity contribution is -0.158. The van der Waals surface area contributed by atoms with Crippen molar-refractivity contribution in [2.24, 2.45) is 5.73 Å². The normalized spacial score (nSPS) is 12.8. The van der Waals surface area contributed by atoms with Crippen molar-refractivity contribution in [3.05, 3.63) is 35.4 Å². The molecule has 3 N–H and O–H groups in total. The Bertz CT molecular complexity index is 684. The molecule has 0 saturated heterocycles. The third kappa shape index (κ3) is 8.99. The minimum atomic E-state index is -0.964. The van der Waals surface area contributed by atoms with Gasteiger partial charge >= 0.3 is 11.9 Å². The fourth-order valence-electron chi connectivity index (χ4n) is 2.31. The SMILES string of the molecule is CC(C)(C)OC(=O)CCC(NC(=O)c1ccc(CN)cc1)C(=O)OC(C)(C)C. The molecule has 1 aromatic rings. The smallest absolute Gasteiger partial charge is 0.329 e. The van der Waals surface area contributed by atoms with Crippen LogP contribution in [0.15, 0.2) is 24.3 Å². The predicted molar refractivity (Wildman–Crippen MR) is 107 cm³/mol. The number of nitrogens with one attached hydrogen (secondary N) is 1. The molecule has 1 amide bonds. The van der Waals surface area contributed by atoms with Gasteiger partial charge in [0.05, 0.1) is 0 Å². The van der Waals surface area contributed by atoms with E-state index in [9.17, 15) is 14.4 Å². The molecule has 0 fully saturated rings. The Hall–Kier alpha value is -2.41. The predicted octanol–water partition coefficient (Wildman–Crippen LogP) is 2.71. The van der Waals surface area contributed by atoms with Gasteiger partial charge < -0.3 is 20.5 Å². The van der Waals surface area contributed by atoms with Crippen LogP contribution in [0.4, 0.5) is 0 Å². The second-order valence-corrected chi connectivity index (χ2v) is 8.59. The molecule has 0 aromatic heterocycles. The molecule has 0 aliphatic heterocycles. The highest BCUT2D eigenvalue weighted by Crippen LogP contribution is 2.14. The molecule has 1 rings (SSSR count). The zero-order valence-electron chi connectivity index (χ0n) is 17.6. The third-order valence-electron chi connectivity index (χ3n) is 3.51. The van der Waals surface area contributed by atoms with E-state index in [2.05, 4.69) is 5.32 Å². The van der Waals surface area contributed by atoms with Gasteiger partial charge in [0.15, 0.2) is 0 Å².